The lowest BCUT2D eigenvalue weighted by molar-refractivity contribution is -0.130. The number of hydrogen-bond acceptors (Lipinski definition) is 4. The lowest BCUT2D eigenvalue weighted by Crippen LogP contribution is -2.28. The summed E-state index contributed by atoms with van der Waals surface area (Å²) in [6, 6.07) is 20.8. The molecule has 2 heterocycles. The summed E-state index contributed by atoms with van der Waals surface area (Å²) in [5.41, 5.74) is 4.57. The van der Waals surface area contributed by atoms with Gasteiger partial charge >= 0.3 is 0 Å². The summed E-state index contributed by atoms with van der Waals surface area (Å²) in [7, 11) is 0. The summed E-state index contributed by atoms with van der Waals surface area (Å²) in [4.78, 5) is 15.3. The van der Waals surface area contributed by atoms with Gasteiger partial charge in [0.1, 0.15) is 0 Å². The second-order valence-corrected chi connectivity index (χ2v) is 8.99. The van der Waals surface area contributed by atoms with Crippen molar-refractivity contribution in [2.45, 2.75) is 31.2 Å². The van der Waals surface area contributed by atoms with Crippen LogP contribution in [0.1, 0.15) is 34.0 Å². The third-order valence-electron chi connectivity index (χ3n) is 4.82. The van der Waals surface area contributed by atoms with Crippen molar-refractivity contribution in [3.63, 3.8) is 0 Å². The minimum atomic E-state index is -0.0381. The van der Waals surface area contributed by atoms with E-state index in [1.54, 1.807) is 28.1 Å². The van der Waals surface area contributed by atoms with Crippen LogP contribution in [0.4, 0.5) is 0 Å². The molecule has 3 aromatic rings. The van der Waals surface area contributed by atoms with Crippen LogP contribution in [0.5, 0.6) is 0 Å². The molecule has 1 aromatic heterocycles. The molecule has 1 amide bonds. The molecule has 0 bridgehead atoms. The maximum Gasteiger partial charge on any atom is 0.253 e. The Morgan fingerprint density at radius 2 is 1.75 bits per heavy atom. The molecule has 0 N–H and O–H groups in total. The molecular weight excluding hydrogens is 384 g/mol. The number of benzene rings is 2. The first kappa shape index (κ1) is 19.0. The van der Waals surface area contributed by atoms with E-state index < -0.39 is 0 Å². The van der Waals surface area contributed by atoms with Gasteiger partial charge < -0.3 is 0 Å². The maximum atomic E-state index is 13.1. The zero-order valence-electron chi connectivity index (χ0n) is 16.0. The molecule has 0 fully saturated rings. The fourth-order valence-corrected chi connectivity index (χ4v) is 4.70. The molecule has 0 saturated carbocycles. The molecule has 0 radical (unpaired) electrons. The Morgan fingerprint density at radius 1 is 1.07 bits per heavy atom. The Balaban J connectivity index is 1.55. The van der Waals surface area contributed by atoms with Crippen LogP contribution in [0.15, 0.2) is 76.0 Å². The first-order chi connectivity index (χ1) is 13.6. The average molecular weight is 407 g/mol. The largest absolute Gasteiger partial charge is 0.272 e. The average Bonchev–Trinajstić information content (AvgIpc) is 3.38. The van der Waals surface area contributed by atoms with Crippen LogP contribution >= 0.6 is 23.1 Å². The second-order valence-electron chi connectivity index (χ2n) is 6.99. The van der Waals surface area contributed by atoms with Crippen molar-refractivity contribution in [3.05, 3.63) is 87.6 Å². The Kier molecular flexibility index (Phi) is 5.64. The van der Waals surface area contributed by atoms with Crippen LogP contribution in [-0.4, -0.2) is 22.4 Å². The minimum Gasteiger partial charge on any atom is -0.272 e. The third kappa shape index (κ3) is 4.21. The standard InChI is InChI=1S/C23H22N2OS2/c1-16-5-9-18(10-6-16)21-14-20(22-4-3-13-27-22)24-25(21)23(26)15-28-19-11-7-17(2)8-12-19/h3-13,21H,14-15H2,1-2H3. The zero-order valence-corrected chi connectivity index (χ0v) is 17.6. The van der Waals surface area contributed by atoms with E-state index in [2.05, 4.69) is 73.8 Å². The predicted octanol–water partition coefficient (Wildman–Crippen LogP) is 5.83. The molecule has 1 unspecified atom stereocenters. The number of rotatable bonds is 5. The monoisotopic (exact) mass is 406 g/mol. The van der Waals surface area contributed by atoms with E-state index >= 15 is 0 Å². The summed E-state index contributed by atoms with van der Waals surface area (Å²) in [6.07, 6.45) is 0.754. The van der Waals surface area contributed by atoms with Gasteiger partial charge in [-0.15, -0.1) is 23.1 Å². The summed E-state index contributed by atoms with van der Waals surface area (Å²) in [5, 5.41) is 8.48. The summed E-state index contributed by atoms with van der Waals surface area (Å²) >= 11 is 3.24. The van der Waals surface area contributed by atoms with Gasteiger partial charge in [-0.1, -0.05) is 53.6 Å². The summed E-state index contributed by atoms with van der Waals surface area (Å²) in [6.45, 7) is 4.14. The van der Waals surface area contributed by atoms with Crippen LogP contribution < -0.4 is 0 Å². The van der Waals surface area contributed by atoms with E-state index in [0.717, 1.165) is 27.5 Å². The molecule has 3 nitrogen and oxygen atoms in total. The normalized spacial score (nSPS) is 16.3. The Morgan fingerprint density at radius 3 is 2.39 bits per heavy atom. The van der Waals surface area contributed by atoms with Crippen molar-refractivity contribution >= 4 is 34.7 Å². The van der Waals surface area contributed by atoms with Gasteiger partial charge in [-0.2, -0.15) is 5.10 Å². The van der Waals surface area contributed by atoms with E-state index in [1.807, 2.05) is 6.07 Å². The smallest absolute Gasteiger partial charge is 0.253 e. The van der Waals surface area contributed by atoms with Gasteiger partial charge in [-0.3, -0.25) is 4.79 Å². The molecule has 142 valence electrons. The third-order valence-corrected chi connectivity index (χ3v) is 6.73. The molecule has 2 aromatic carbocycles. The van der Waals surface area contributed by atoms with Crippen LogP contribution in [0, 0.1) is 13.8 Å². The van der Waals surface area contributed by atoms with Crippen molar-refractivity contribution in [1.29, 1.82) is 0 Å². The van der Waals surface area contributed by atoms with E-state index in [1.165, 1.54) is 11.1 Å². The number of carbonyl (C=O) groups is 1. The number of thioether (sulfide) groups is 1. The highest BCUT2D eigenvalue weighted by atomic mass is 32.2. The van der Waals surface area contributed by atoms with Crippen molar-refractivity contribution in [2.24, 2.45) is 5.10 Å². The number of hydrazone groups is 1. The van der Waals surface area contributed by atoms with Gasteiger partial charge in [0.05, 0.1) is 22.4 Å². The number of thiophene rings is 1. The first-order valence-corrected chi connectivity index (χ1v) is 11.2. The first-order valence-electron chi connectivity index (χ1n) is 9.29. The molecule has 4 rings (SSSR count). The molecule has 0 aliphatic carbocycles. The van der Waals surface area contributed by atoms with Gasteiger partial charge in [0.25, 0.3) is 5.91 Å². The fourth-order valence-electron chi connectivity index (χ4n) is 3.23. The van der Waals surface area contributed by atoms with Crippen molar-refractivity contribution in [3.8, 4) is 0 Å². The van der Waals surface area contributed by atoms with Gasteiger partial charge in [-0.05, 0) is 43.0 Å². The fraction of sp³-hybridized carbons (Fsp3) is 0.217. The molecule has 5 heteroatoms. The molecule has 28 heavy (non-hydrogen) atoms. The highest BCUT2D eigenvalue weighted by Crippen LogP contribution is 2.34. The van der Waals surface area contributed by atoms with Crippen molar-refractivity contribution in [1.82, 2.24) is 5.01 Å². The molecule has 1 aliphatic heterocycles. The highest BCUT2D eigenvalue weighted by molar-refractivity contribution is 8.00. The Labute approximate surface area is 174 Å². The second kappa shape index (κ2) is 8.33. The van der Waals surface area contributed by atoms with Crippen LogP contribution in [-0.2, 0) is 4.79 Å². The van der Waals surface area contributed by atoms with E-state index in [0.29, 0.717) is 5.75 Å². The van der Waals surface area contributed by atoms with Crippen molar-refractivity contribution < 1.29 is 4.79 Å². The number of hydrogen-bond donors (Lipinski definition) is 0. The lowest BCUT2D eigenvalue weighted by atomic mass is 10.00. The Hall–Kier alpha value is -2.37. The van der Waals surface area contributed by atoms with E-state index in [9.17, 15) is 4.79 Å². The van der Waals surface area contributed by atoms with Crippen LogP contribution in [0.25, 0.3) is 0 Å². The number of carbonyl (C=O) groups excluding carboxylic acids is 1. The van der Waals surface area contributed by atoms with Crippen molar-refractivity contribution in [2.75, 3.05) is 5.75 Å². The molecular formula is C23H22N2OS2. The predicted molar refractivity (Wildman–Crippen MR) is 118 cm³/mol. The van der Waals surface area contributed by atoms with Crippen LogP contribution in [0.3, 0.4) is 0 Å². The minimum absolute atomic E-state index is 0.0381. The maximum absolute atomic E-state index is 13.1. The van der Waals surface area contributed by atoms with E-state index in [4.69, 9.17) is 5.10 Å². The van der Waals surface area contributed by atoms with Gasteiger partial charge in [0.2, 0.25) is 0 Å². The van der Waals surface area contributed by atoms with Gasteiger partial charge in [-0.25, -0.2) is 5.01 Å². The molecule has 0 spiro atoms. The lowest BCUT2D eigenvalue weighted by Gasteiger charge is -2.22. The molecule has 1 aliphatic rings. The van der Waals surface area contributed by atoms with E-state index in [-0.39, 0.29) is 11.9 Å². The molecule has 0 saturated heterocycles. The number of aryl methyl sites for hydroxylation is 2. The van der Waals surface area contributed by atoms with Gasteiger partial charge in [0, 0.05) is 11.3 Å². The molecule has 1 atom stereocenters. The SMILES string of the molecule is Cc1ccc(SCC(=O)N2N=C(c3cccs3)CC2c2ccc(C)cc2)cc1. The summed E-state index contributed by atoms with van der Waals surface area (Å²) in [5.74, 6) is 0.426. The number of nitrogens with zero attached hydrogens (tertiary/aromatic N) is 2. The topological polar surface area (TPSA) is 32.7 Å². The zero-order chi connectivity index (χ0) is 19.5. The van der Waals surface area contributed by atoms with Gasteiger partial charge in [0.15, 0.2) is 0 Å². The van der Waals surface area contributed by atoms with Crippen LogP contribution in [0.2, 0.25) is 0 Å². The summed E-state index contributed by atoms with van der Waals surface area (Å²) < 4.78 is 0. The quantitative estimate of drug-likeness (QED) is 0.499. The number of amides is 1. The Bertz CT molecular complexity index is 976. The highest BCUT2D eigenvalue weighted by Gasteiger charge is 2.33.